The van der Waals surface area contributed by atoms with Gasteiger partial charge in [-0.15, -0.1) is 5.92 Å². The summed E-state index contributed by atoms with van der Waals surface area (Å²) < 4.78 is 0. The summed E-state index contributed by atoms with van der Waals surface area (Å²) in [4.78, 5) is 12.0. The van der Waals surface area contributed by atoms with Gasteiger partial charge < -0.3 is 0 Å². The highest BCUT2D eigenvalue weighted by Crippen LogP contribution is 2.60. The summed E-state index contributed by atoms with van der Waals surface area (Å²) in [5.74, 6) is 8.56. The van der Waals surface area contributed by atoms with Crippen LogP contribution in [0.2, 0.25) is 0 Å². The van der Waals surface area contributed by atoms with Crippen molar-refractivity contribution in [2.75, 3.05) is 0 Å². The number of rotatable bonds is 0. The van der Waals surface area contributed by atoms with Crippen LogP contribution >= 0.6 is 0 Å². The summed E-state index contributed by atoms with van der Waals surface area (Å²) in [5, 5.41) is 0. The molecule has 0 bridgehead atoms. The second-order valence-corrected chi connectivity index (χ2v) is 8.02. The average Bonchev–Trinajstić information content (AvgIpc) is 2.88. The molecule has 4 aliphatic rings. The van der Waals surface area contributed by atoms with Gasteiger partial charge in [-0.1, -0.05) is 24.8 Å². The standard InChI is InChI=1S/C21H26O/c1-3-5-14-12-16(22)13-15-7-8-17-18(20(14)15)9-11-21(2)10-4-6-19(17)21/h13-14,17,19H,4,6-12H2,1-2H3/t14?,17-,19+,21+/m1/s1. The minimum absolute atomic E-state index is 0.182. The zero-order chi connectivity index (χ0) is 15.3. The van der Waals surface area contributed by atoms with Crippen LogP contribution in [0.15, 0.2) is 22.8 Å². The van der Waals surface area contributed by atoms with E-state index in [0.717, 1.165) is 18.3 Å². The quantitative estimate of drug-likeness (QED) is 0.585. The first-order chi connectivity index (χ1) is 10.6. The molecule has 0 aromatic heterocycles. The highest BCUT2D eigenvalue weighted by Gasteiger charge is 2.49. The SMILES string of the molecule is CC#CC1CC(=O)C=C2CC[C@@H]3C(=C21)CC[C@]1(C)CCC[C@@H]31. The van der Waals surface area contributed by atoms with Crippen LogP contribution in [0.4, 0.5) is 0 Å². The molecule has 0 aromatic rings. The maximum absolute atomic E-state index is 12.0. The molecule has 116 valence electrons. The van der Waals surface area contributed by atoms with E-state index < -0.39 is 0 Å². The first-order valence-corrected chi connectivity index (χ1v) is 9.01. The van der Waals surface area contributed by atoms with Crippen LogP contribution in [0.25, 0.3) is 0 Å². The molecule has 4 aliphatic carbocycles. The van der Waals surface area contributed by atoms with E-state index in [1.807, 2.05) is 13.0 Å². The van der Waals surface area contributed by atoms with Crippen LogP contribution in [0.1, 0.15) is 65.2 Å². The molecule has 2 saturated carbocycles. The van der Waals surface area contributed by atoms with Gasteiger partial charge in [0.25, 0.3) is 0 Å². The molecule has 1 nitrogen and oxygen atoms in total. The summed E-state index contributed by atoms with van der Waals surface area (Å²) >= 11 is 0. The molecule has 0 aliphatic heterocycles. The number of fused-ring (bicyclic) bond motifs is 4. The third-order valence-corrected chi connectivity index (χ3v) is 6.88. The maximum Gasteiger partial charge on any atom is 0.157 e. The lowest BCUT2D eigenvalue weighted by Crippen LogP contribution is -2.38. The Balaban J connectivity index is 1.80. The fourth-order valence-electron chi connectivity index (χ4n) is 5.92. The van der Waals surface area contributed by atoms with Crippen molar-refractivity contribution in [3.8, 4) is 11.8 Å². The smallest absolute Gasteiger partial charge is 0.157 e. The van der Waals surface area contributed by atoms with Gasteiger partial charge in [0.2, 0.25) is 0 Å². The van der Waals surface area contributed by atoms with Gasteiger partial charge in [-0.05, 0) is 79.9 Å². The maximum atomic E-state index is 12.0. The first kappa shape index (κ1) is 14.3. The minimum atomic E-state index is 0.182. The summed E-state index contributed by atoms with van der Waals surface area (Å²) in [7, 11) is 0. The monoisotopic (exact) mass is 294 g/mol. The number of carbonyl (C=O) groups is 1. The van der Waals surface area contributed by atoms with Crippen LogP contribution < -0.4 is 0 Å². The number of ketones is 1. The molecular weight excluding hydrogens is 268 g/mol. The Morgan fingerprint density at radius 3 is 2.91 bits per heavy atom. The number of hydrogen-bond donors (Lipinski definition) is 0. The topological polar surface area (TPSA) is 17.1 Å². The number of hydrogen-bond acceptors (Lipinski definition) is 1. The molecule has 0 saturated heterocycles. The van der Waals surface area contributed by atoms with Gasteiger partial charge in [0, 0.05) is 6.42 Å². The van der Waals surface area contributed by atoms with E-state index in [1.165, 1.54) is 49.7 Å². The van der Waals surface area contributed by atoms with E-state index in [1.54, 1.807) is 5.57 Å². The largest absolute Gasteiger partial charge is 0.295 e. The highest BCUT2D eigenvalue weighted by atomic mass is 16.1. The lowest BCUT2D eigenvalue weighted by atomic mass is 9.57. The molecule has 4 rings (SSSR count). The zero-order valence-corrected chi connectivity index (χ0v) is 13.9. The van der Waals surface area contributed by atoms with Crippen LogP contribution in [0, 0.1) is 35.0 Å². The first-order valence-electron chi connectivity index (χ1n) is 9.01. The second-order valence-electron chi connectivity index (χ2n) is 8.02. The Kier molecular flexibility index (Phi) is 3.33. The van der Waals surface area contributed by atoms with Gasteiger partial charge in [0.1, 0.15) is 0 Å². The molecular formula is C21H26O. The number of allylic oxidation sites excluding steroid dienone is 4. The Morgan fingerprint density at radius 2 is 2.09 bits per heavy atom. The van der Waals surface area contributed by atoms with Gasteiger partial charge in [-0.25, -0.2) is 0 Å². The van der Waals surface area contributed by atoms with Gasteiger partial charge in [-0.3, -0.25) is 4.79 Å². The Morgan fingerprint density at radius 1 is 1.23 bits per heavy atom. The predicted molar refractivity (Wildman–Crippen MR) is 89.1 cm³/mol. The van der Waals surface area contributed by atoms with E-state index in [4.69, 9.17) is 0 Å². The third kappa shape index (κ3) is 2.03. The highest BCUT2D eigenvalue weighted by molar-refractivity contribution is 5.94. The Hall–Kier alpha value is -1.29. The molecule has 1 unspecified atom stereocenters. The fraction of sp³-hybridized carbons (Fsp3) is 0.667. The van der Waals surface area contributed by atoms with Gasteiger partial charge in [-0.2, -0.15) is 0 Å². The molecule has 2 fully saturated rings. The van der Waals surface area contributed by atoms with Crippen molar-refractivity contribution in [3.05, 3.63) is 22.8 Å². The summed E-state index contributed by atoms with van der Waals surface area (Å²) in [5.41, 5.74) is 5.12. The lowest BCUT2D eigenvalue weighted by Gasteiger charge is -2.48. The molecule has 4 atom stereocenters. The number of carbonyl (C=O) groups excluding carboxylic acids is 1. The lowest BCUT2D eigenvalue weighted by molar-refractivity contribution is -0.115. The van der Waals surface area contributed by atoms with Gasteiger partial charge in [0.05, 0.1) is 5.92 Å². The third-order valence-electron chi connectivity index (χ3n) is 6.88. The van der Waals surface area contributed by atoms with Crippen molar-refractivity contribution in [3.63, 3.8) is 0 Å². The Labute approximate surface area is 134 Å². The summed E-state index contributed by atoms with van der Waals surface area (Å²) in [6.07, 6.45) is 11.8. The molecule has 0 amide bonds. The van der Waals surface area contributed by atoms with Crippen molar-refractivity contribution in [1.29, 1.82) is 0 Å². The molecule has 0 heterocycles. The Bertz CT molecular complexity index is 639. The summed E-state index contributed by atoms with van der Waals surface area (Å²) in [6.45, 7) is 4.44. The molecule has 0 N–H and O–H groups in total. The van der Waals surface area contributed by atoms with Crippen molar-refractivity contribution in [2.24, 2.45) is 23.2 Å². The van der Waals surface area contributed by atoms with Gasteiger partial charge >= 0.3 is 0 Å². The minimum Gasteiger partial charge on any atom is -0.295 e. The molecule has 22 heavy (non-hydrogen) atoms. The van der Waals surface area contributed by atoms with E-state index in [9.17, 15) is 4.79 Å². The van der Waals surface area contributed by atoms with E-state index in [0.29, 0.717) is 11.8 Å². The van der Waals surface area contributed by atoms with Crippen LogP contribution in [0.5, 0.6) is 0 Å². The second kappa shape index (κ2) is 5.12. The van der Waals surface area contributed by atoms with Crippen LogP contribution in [-0.4, -0.2) is 5.78 Å². The van der Waals surface area contributed by atoms with Gasteiger partial charge in [0.15, 0.2) is 5.78 Å². The normalized spacial score (nSPS) is 40.2. The molecule has 0 spiro atoms. The average molecular weight is 294 g/mol. The van der Waals surface area contributed by atoms with Crippen LogP contribution in [-0.2, 0) is 4.79 Å². The molecule has 1 heteroatoms. The fourth-order valence-corrected chi connectivity index (χ4v) is 5.92. The van der Waals surface area contributed by atoms with E-state index in [-0.39, 0.29) is 11.7 Å². The van der Waals surface area contributed by atoms with Crippen molar-refractivity contribution >= 4 is 5.78 Å². The van der Waals surface area contributed by atoms with Crippen molar-refractivity contribution in [1.82, 2.24) is 0 Å². The predicted octanol–water partition coefficient (Wildman–Crippen LogP) is 4.83. The molecule has 0 aromatic carbocycles. The van der Waals surface area contributed by atoms with E-state index >= 15 is 0 Å². The zero-order valence-electron chi connectivity index (χ0n) is 13.9. The van der Waals surface area contributed by atoms with E-state index in [2.05, 4.69) is 18.8 Å². The summed E-state index contributed by atoms with van der Waals surface area (Å²) in [6, 6.07) is 0. The van der Waals surface area contributed by atoms with Crippen LogP contribution in [0.3, 0.4) is 0 Å². The molecule has 0 radical (unpaired) electrons. The van der Waals surface area contributed by atoms with Crippen molar-refractivity contribution < 1.29 is 4.79 Å². The van der Waals surface area contributed by atoms with Crippen molar-refractivity contribution in [2.45, 2.75) is 65.2 Å².